The van der Waals surface area contributed by atoms with Crippen molar-refractivity contribution in [2.24, 2.45) is 0 Å². The Bertz CT molecular complexity index is 1280. The topological polar surface area (TPSA) is 93.4 Å². The number of benzene rings is 2. The lowest BCUT2D eigenvalue weighted by molar-refractivity contribution is -0.129. The summed E-state index contributed by atoms with van der Waals surface area (Å²) in [5, 5.41) is 12.4. The highest BCUT2D eigenvalue weighted by molar-refractivity contribution is 6.04. The Kier molecular flexibility index (Phi) is 7.44. The summed E-state index contributed by atoms with van der Waals surface area (Å²) in [7, 11) is 0. The lowest BCUT2D eigenvalue weighted by Crippen LogP contribution is -2.16. The predicted molar refractivity (Wildman–Crippen MR) is 133 cm³/mol. The maximum Gasteiger partial charge on any atom is 0.354 e. The largest absolute Gasteiger partial charge is 0.422 e. The molecule has 3 aromatic rings. The van der Waals surface area contributed by atoms with Gasteiger partial charge in [-0.25, -0.2) is 4.79 Å². The molecule has 1 saturated heterocycles. The van der Waals surface area contributed by atoms with Crippen molar-refractivity contribution < 1.29 is 19.1 Å². The second-order valence-electron chi connectivity index (χ2n) is 8.48. The number of aromatic nitrogens is 1. The van der Waals surface area contributed by atoms with Crippen molar-refractivity contribution in [3.63, 3.8) is 0 Å². The van der Waals surface area contributed by atoms with Gasteiger partial charge in [-0.15, -0.1) is 0 Å². The molecule has 0 bridgehead atoms. The van der Waals surface area contributed by atoms with Gasteiger partial charge >= 0.3 is 5.97 Å². The zero-order valence-corrected chi connectivity index (χ0v) is 19.8. The van der Waals surface area contributed by atoms with E-state index < -0.39 is 5.97 Å². The molecule has 1 unspecified atom stereocenters. The van der Waals surface area contributed by atoms with Gasteiger partial charge in [0.15, 0.2) is 0 Å². The number of hydrogen-bond acceptors (Lipinski definition) is 5. The molecule has 0 radical (unpaired) electrons. The van der Waals surface area contributed by atoms with Gasteiger partial charge in [-0.1, -0.05) is 18.2 Å². The summed E-state index contributed by atoms with van der Waals surface area (Å²) < 4.78 is 13.3. The van der Waals surface area contributed by atoms with Crippen LogP contribution in [0.3, 0.4) is 0 Å². The summed E-state index contributed by atoms with van der Waals surface area (Å²) in [4.78, 5) is 24.9. The molecular weight excluding hydrogens is 442 g/mol. The van der Waals surface area contributed by atoms with Gasteiger partial charge in [0.2, 0.25) is 0 Å². The van der Waals surface area contributed by atoms with Crippen LogP contribution in [0.5, 0.6) is 5.75 Å². The summed E-state index contributed by atoms with van der Waals surface area (Å²) in [5.41, 5.74) is 3.83. The third kappa shape index (κ3) is 5.86. The van der Waals surface area contributed by atoms with Gasteiger partial charge < -0.3 is 19.4 Å². The average Bonchev–Trinajstić information content (AvgIpc) is 3.48. The quantitative estimate of drug-likeness (QED) is 0.226. The minimum absolute atomic E-state index is 0.0937. The zero-order chi connectivity index (χ0) is 24.8. The summed E-state index contributed by atoms with van der Waals surface area (Å²) in [6.07, 6.45) is 3.86. The van der Waals surface area contributed by atoms with E-state index in [9.17, 15) is 14.9 Å². The molecule has 7 heteroatoms. The molecule has 7 nitrogen and oxygen atoms in total. The number of carbonyl (C=O) groups excluding carboxylic acids is 2. The van der Waals surface area contributed by atoms with Crippen molar-refractivity contribution in [1.82, 2.24) is 4.57 Å². The van der Waals surface area contributed by atoms with Crippen molar-refractivity contribution >= 4 is 23.6 Å². The van der Waals surface area contributed by atoms with Crippen molar-refractivity contribution in [3.8, 4) is 11.8 Å². The third-order valence-electron chi connectivity index (χ3n) is 6.02. The van der Waals surface area contributed by atoms with E-state index >= 15 is 0 Å². The van der Waals surface area contributed by atoms with E-state index in [0.717, 1.165) is 42.9 Å². The maximum absolute atomic E-state index is 12.7. The normalized spacial score (nSPS) is 15.5. The first-order valence-electron chi connectivity index (χ1n) is 11.5. The number of carbonyl (C=O) groups is 2. The summed E-state index contributed by atoms with van der Waals surface area (Å²) >= 11 is 0. The van der Waals surface area contributed by atoms with Gasteiger partial charge in [0.05, 0.1) is 6.10 Å². The molecule has 2 heterocycles. The molecule has 1 amide bonds. The van der Waals surface area contributed by atoms with Crippen molar-refractivity contribution in [3.05, 3.63) is 88.8 Å². The minimum atomic E-state index is -0.738. The smallest absolute Gasteiger partial charge is 0.354 e. The van der Waals surface area contributed by atoms with E-state index in [1.807, 2.05) is 32.0 Å². The Morgan fingerprint density at radius 3 is 2.57 bits per heavy atom. The van der Waals surface area contributed by atoms with Gasteiger partial charge in [-0.2, -0.15) is 5.26 Å². The summed E-state index contributed by atoms with van der Waals surface area (Å²) in [6.45, 7) is 5.52. The highest BCUT2D eigenvalue weighted by Crippen LogP contribution is 2.23. The molecular formula is C28H27N3O4. The lowest BCUT2D eigenvalue weighted by Gasteiger charge is -2.14. The number of hydrogen-bond donors (Lipinski definition) is 1. The van der Waals surface area contributed by atoms with Crippen LogP contribution in [0.1, 0.15) is 40.2 Å². The van der Waals surface area contributed by atoms with E-state index in [0.29, 0.717) is 11.3 Å². The fraction of sp³-hybridized carbons (Fsp3) is 0.250. The third-order valence-corrected chi connectivity index (χ3v) is 6.02. The molecule has 1 fully saturated rings. The molecule has 1 aliphatic rings. The Labute approximate surface area is 204 Å². The average molecular weight is 470 g/mol. The second kappa shape index (κ2) is 10.9. The Morgan fingerprint density at radius 2 is 1.91 bits per heavy atom. The number of esters is 1. The highest BCUT2D eigenvalue weighted by Gasteiger charge is 2.20. The molecule has 4 rings (SSSR count). The Morgan fingerprint density at radius 1 is 1.17 bits per heavy atom. The molecule has 1 atom stereocenters. The van der Waals surface area contributed by atoms with E-state index in [-0.39, 0.29) is 23.3 Å². The van der Waals surface area contributed by atoms with E-state index in [1.165, 1.54) is 0 Å². The number of aryl methyl sites for hydroxylation is 1. The van der Waals surface area contributed by atoms with Gasteiger partial charge in [-0.05, 0) is 80.8 Å². The molecule has 2 aromatic carbocycles. The Hall–Kier alpha value is -4.15. The predicted octanol–water partition coefficient (Wildman–Crippen LogP) is 5.05. The van der Waals surface area contributed by atoms with Crippen LogP contribution in [-0.4, -0.2) is 29.2 Å². The van der Waals surface area contributed by atoms with Crippen LogP contribution in [0.4, 0.5) is 5.69 Å². The standard InChI is InChI=1S/C28H27N3O4/c1-19-15-22(20(2)31(19)18-26-9-6-14-34-26)16-23(17-29)28(33)35-25-12-10-24(11-13-25)30-27(32)21-7-4-3-5-8-21/h3-5,7-8,10-13,15-16,26H,6,9,14,18H2,1-2H3,(H,30,32)/b23-16+. The highest BCUT2D eigenvalue weighted by atomic mass is 16.5. The molecule has 1 aromatic heterocycles. The number of anilines is 1. The van der Waals surface area contributed by atoms with Crippen LogP contribution in [0.15, 0.2) is 66.2 Å². The molecule has 0 saturated carbocycles. The number of nitriles is 1. The first-order valence-corrected chi connectivity index (χ1v) is 11.5. The molecule has 1 N–H and O–H groups in total. The van der Waals surface area contributed by atoms with Gasteiger partial charge in [0, 0.05) is 35.8 Å². The Balaban J connectivity index is 1.42. The molecule has 178 valence electrons. The minimum Gasteiger partial charge on any atom is -0.422 e. The lowest BCUT2D eigenvalue weighted by atomic mass is 10.1. The number of nitrogens with one attached hydrogen (secondary N) is 1. The summed E-state index contributed by atoms with van der Waals surface area (Å²) in [6, 6.07) is 19.2. The molecule has 0 spiro atoms. The first-order chi connectivity index (χ1) is 16.9. The van der Waals surface area contributed by atoms with Crippen LogP contribution in [0.25, 0.3) is 6.08 Å². The van der Waals surface area contributed by atoms with Crippen molar-refractivity contribution in [2.75, 3.05) is 11.9 Å². The van der Waals surface area contributed by atoms with E-state index in [4.69, 9.17) is 9.47 Å². The fourth-order valence-corrected chi connectivity index (χ4v) is 4.10. The van der Waals surface area contributed by atoms with Gasteiger partial charge in [0.1, 0.15) is 17.4 Å². The first kappa shape index (κ1) is 24.0. The SMILES string of the molecule is Cc1cc(/C=C(\C#N)C(=O)Oc2ccc(NC(=O)c3ccccc3)cc2)c(C)n1CC1CCCO1. The van der Waals surface area contributed by atoms with E-state index in [1.54, 1.807) is 54.6 Å². The van der Waals surface area contributed by atoms with Crippen LogP contribution >= 0.6 is 0 Å². The summed E-state index contributed by atoms with van der Waals surface area (Å²) in [5.74, 6) is -0.697. The molecule has 35 heavy (non-hydrogen) atoms. The fourth-order valence-electron chi connectivity index (χ4n) is 4.10. The van der Waals surface area contributed by atoms with Crippen LogP contribution < -0.4 is 10.1 Å². The van der Waals surface area contributed by atoms with Crippen LogP contribution in [0, 0.1) is 25.2 Å². The van der Waals surface area contributed by atoms with Gasteiger partial charge in [-0.3, -0.25) is 4.79 Å². The number of nitrogens with zero attached hydrogens (tertiary/aromatic N) is 2. The maximum atomic E-state index is 12.7. The van der Waals surface area contributed by atoms with Crippen LogP contribution in [-0.2, 0) is 16.1 Å². The number of ether oxygens (including phenoxy) is 2. The van der Waals surface area contributed by atoms with E-state index in [2.05, 4.69) is 9.88 Å². The van der Waals surface area contributed by atoms with Gasteiger partial charge in [0.25, 0.3) is 5.91 Å². The molecule has 0 aliphatic carbocycles. The number of rotatable bonds is 7. The van der Waals surface area contributed by atoms with Crippen molar-refractivity contribution in [1.29, 1.82) is 5.26 Å². The monoisotopic (exact) mass is 469 g/mol. The van der Waals surface area contributed by atoms with Crippen LogP contribution in [0.2, 0.25) is 0 Å². The van der Waals surface area contributed by atoms with Crippen molar-refractivity contribution in [2.45, 2.75) is 39.3 Å². The number of amides is 1. The zero-order valence-electron chi connectivity index (χ0n) is 19.8. The second-order valence-corrected chi connectivity index (χ2v) is 8.48. The molecule has 1 aliphatic heterocycles.